The van der Waals surface area contributed by atoms with Crippen molar-refractivity contribution in [3.8, 4) is 0 Å². The predicted molar refractivity (Wildman–Crippen MR) is 74.9 cm³/mol. The van der Waals surface area contributed by atoms with E-state index in [4.69, 9.17) is 23.2 Å². The van der Waals surface area contributed by atoms with Gasteiger partial charge in [-0.15, -0.1) is 0 Å². The summed E-state index contributed by atoms with van der Waals surface area (Å²) in [6, 6.07) is 5.74. The van der Waals surface area contributed by atoms with Crippen molar-refractivity contribution < 1.29 is 0 Å². The predicted octanol–water partition coefficient (Wildman–Crippen LogP) is 3.96. The molecular formula is C13H15Cl2N3. The molecule has 0 bridgehead atoms. The number of nitrogens with one attached hydrogen (secondary N) is 2. The second kappa shape index (κ2) is 6.23. The van der Waals surface area contributed by atoms with Crippen molar-refractivity contribution in [3.63, 3.8) is 0 Å². The van der Waals surface area contributed by atoms with E-state index >= 15 is 0 Å². The van der Waals surface area contributed by atoms with Gasteiger partial charge in [0.2, 0.25) is 0 Å². The van der Waals surface area contributed by atoms with Crippen LogP contribution in [-0.4, -0.2) is 9.97 Å². The molecule has 0 aliphatic heterocycles. The normalized spacial score (nSPS) is 12.6. The van der Waals surface area contributed by atoms with Gasteiger partial charge in [0.05, 0.1) is 6.04 Å². The van der Waals surface area contributed by atoms with Gasteiger partial charge in [-0.2, -0.15) is 0 Å². The van der Waals surface area contributed by atoms with Crippen LogP contribution in [0.5, 0.6) is 0 Å². The lowest BCUT2D eigenvalue weighted by molar-refractivity contribution is 0.498. The summed E-state index contributed by atoms with van der Waals surface area (Å²) in [5.74, 6) is 0.947. The lowest BCUT2D eigenvalue weighted by Gasteiger charge is -2.15. The minimum Gasteiger partial charge on any atom is -0.347 e. The zero-order valence-corrected chi connectivity index (χ0v) is 11.6. The molecule has 2 aromatic rings. The van der Waals surface area contributed by atoms with Gasteiger partial charge >= 0.3 is 0 Å². The number of aromatic nitrogens is 2. The second-order valence-corrected chi connectivity index (χ2v) is 4.90. The summed E-state index contributed by atoms with van der Waals surface area (Å²) in [5, 5.41) is 4.77. The highest BCUT2D eigenvalue weighted by atomic mass is 35.5. The smallest absolute Gasteiger partial charge is 0.123 e. The summed E-state index contributed by atoms with van der Waals surface area (Å²) in [7, 11) is 0. The zero-order chi connectivity index (χ0) is 13.0. The third kappa shape index (κ3) is 3.25. The molecule has 2 rings (SSSR count). The van der Waals surface area contributed by atoms with Crippen LogP contribution in [0.1, 0.15) is 30.8 Å². The highest BCUT2D eigenvalue weighted by Gasteiger charge is 2.11. The van der Waals surface area contributed by atoms with Gasteiger partial charge in [-0.25, -0.2) is 4.98 Å². The van der Waals surface area contributed by atoms with E-state index < -0.39 is 0 Å². The number of H-pyrrole nitrogens is 1. The highest BCUT2D eigenvalue weighted by Crippen LogP contribution is 2.22. The van der Waals surface area contributed by atoms with Crippen molar-refractivity contribution in [1.82, 2.24) is 15.3 Å². The number of nitrogens with zero attached hydrogens (tertiary/aromatic N) is 1. The van der Waals surface area contributed by atoms with Crippen LogP contribution in [0.25, 0.3) is 0 Å². The third-order valence-corrected chi connectivity index (χ3v) is 3.40. The van der Waals surface area contributed by atoms with Gasteiger partial charge in [0, 0.05) is 29.0 Å². The Bertz CT molecular complexity index is 497. The van der Waals surface area contributed by atoms with Crippen molar-refractivity contribution in [2.75, 3.05) is 0 Å². The molecule has 0 saturated carbocycles. The summed E-state index contributed by atoms with van der Waals surface area (Å²) in [5.41, 5.74) is 1.03. The zero-order valence-electron chi connectivity index (χ0n) is 10.1. The van der Waals surface area contributed by atoms with Gasteiger partial charge in [-0.1, -0.05) is 36.2 Å². The van der Waals surface area contributed by atoms with Crippen LogP contribution in [0.3, 0.4) is 0 Å². The SMILES string of the molecule is CCC(NCc1ccc(Cl)cc1Cl)c1ncc[nH]1. The van der Waals surface area contributed by atoms with Crippen molar-refractivity contribution in [1.29, 1.82) is 0 Å². The minimum atomic E-state index is 0.201. The Kier molecular flexibility index (Phi) is 4.64. The van der Waals surface area contributed by atoms with Crippen LogP contribution in [-0.2, 0) is 6.54 Å². The van der Waals surface area contributed by atoms with Crippen LogP contribution in [0, 0.1) is 0 Å². The summed E-state index contributed by atoms with van der Waals surface area (Å²) < 4.78 is 0. The fraction of sp³-hybridized carbons (Fsp3) is 0.308. The molecule has 0 aliphatic rings. The monoisotopic (exact) mass is 283 g/mol. The number of aromatic amines is 1. The Morgan fingerprint density at radius 1 is 1.39 bits per heavy atom. The molecule has 5 heteroatoms. The number of hydrogen-bond acceptors (Lipinski definition) is 2. The quantitative estimate of drug-likeness (QED) is 0.872. The van der Waals surface area contributed by atoms with Crippen molar-refractivity contribution in [3.05, 3.63) is 52.0 Å². The molecule has 1 aromatic heterocycles. The third-order valence-electron chi connectivity index (χ3n) is 2.81. The highest BCUT2D eigenvalue weighted by molar-refractivity contribution is 6.35. The van der Waals surface area contributed by atoms with Crippen molar-refractivity contribution in [2.24, 2.45) is 0 Å². The first-order chi connectivity index (χ1) is 8.70. The Labute approximate surface area is 117 Å². The average molecular weight is 284 g/mol. The number of imidazole rings is 1. The van der Waals surface area contributed by atoms with E-state index in [9.17, 15) is 0 Å². The van der Waals surface area contributed by atoms with Gasteiger partial charge < -0.3 is 10.3 Å². The molecule has 0 aliphatic carbocycles. The number of rotatable bonds is 5. The first-order valence-corrected chi connectivity index (χ1v) is 6.63. The van der Waals surface area contributed by atoms with Gasteiger partial charge in [-0.3, -0.25) is 0 Å². The molecule has 1 atom stereocenters. The van der Waals surface area contributed by atoms with Crippen LogP contribution in [0.4, 0.5) is 0 Å². The lowest BCUT2D eigenvalue weighted by Crippen LogP contribution is -2.21. The molecule has 0 spiro atoms. The number of hydrogen-bond donors (Lipinski definition) is 2. The largest absolute Gasteiger partial charge is 0.347 e. The van der Waals surface area contributed by atoms with Gasteiger partial charge in [0.15, 0.2) is 0 Å². The van der Waals surface area contributed by atoms with Crippen LogP contribution in [0.15, 0.2) is 30.6 Å². The fourth-order valence-electron chi connectivity index (χ4n) is 1.80. The molecule has 0 amide bonds. The van der Waals surface area contributed by atoms with Crippen LogP contribution < -0.4 is 5.32 Å². The standard InChI is InChI=1S/C13H15Cl2N3/c1-2-12(13-16-5-6-17-13)18-8-9-3-4-10(14)7-11(9)15/h3-7,12,18H,2,8H2,1H3,(H,16,17). The summed E-state index contributed by atoms with van der Waals surface area (Å²) >= 11 is 12.0. The molecule has 3 nitrogen and oxygen atoms in total. The van der Waals surface area contributed by atoms with E-state index in [0.29, 0.717) is 16.6 Å². The molecule has 1 unspecified atom stereocenters. The molecule has 18 heavy (non-hydrogen) atoms. The first-order valence-electron chi connectivity index (χ1n) is 5.87. The van der Waals surface area contributed by atoms with E-state index in [1.165, 1.54) is 0 Å². The molecule has 0 fully saturated rings. The lowest BCUT2D eigenvalue weighted by atomic mass is 10.1. The number of benzene rings is 1. The molecule has 96 valence electrons. The topological polar surface area (TPSA) is 40.7 Å². The molecule has 1 aromatic carbocycles. The molecule has 0 radical (unpaired) electrons. The Morgan fingerprint density at radius 2 is 2.22 bits per heavy atom. The Hall–Kier alpha value is -1.03. The van der Waals surface area contributed by atoms with E-state index in [0.717, 1.165) is 17.8 Å². The molecule has 1 heterocycles. The maximum Gasteiger partial charge on any atom is 0.123 e. The maximum absolute atomic E-state index is 6.13. The Morgan fingerprint density at radius 3 is 2.83 bits per heavy atom. The Balaban J connectivity index is 2.02. The van der Waals surface area contributed by atoms with Crippen LogP contribution in [0.2, 0.25) is 10.0 Å². The van der Waals surface area contributed by atoms with Gasteiger partial charge in [0.1, 0.15) is 5.82 Å². The summed E-state index contributed by atoms with van der Waals surface area (Å²) in [6.45, 7) is 2.80. The summed E-state index contributed by atoms with van der Waals surface area (Å²) in [6.07, 6.45) is 4.54. The van der Waals surface area contributed by atoms with E-state index in [1.807, 2.05) is 18.3 Å². The molecule has 2 N–H and O–H groups in total. The van der Waals surface area contributed by atoms with Gasteiger partial charge in [-0.05, 0) is 24.1 Å². The molecular weight excluding hydrogens is 269 g/mol. The second-order valence-electron chi connectivity index (χ2n) is 4.05. The maximum atomic E-state index is 6.13. The summed E-state index contributed by atoms with van der Waals surface area (Å²) in [4.78, 5) is 7.38. The fourth-order valence-corrected chi connectivity index (χ4v) is 2.28. The number of halogens is 2. The van der Waals surface area contributed by atoms with Gasteiger partial charge in [0.25, 0.3) is 0 Å². The average Bonchev–Trinajstić information content (AvgIpc) is 2.86. The van der Waals surface area contributed by atoms with Crippen molar-refractivity contribution >= 4 is 23.2 Å². The van der Waals surface area contributed by atoms with Crippen LogP contribution >= 0.6 is 23.2 Å². The van der Waals surface area contributed by atoms with E-state index in [1.54, 1.807) is 12.3 Å². The van der Waals surface area contributed by atoms with E-state index in [-0.39, 0.29) is 6.04 Å². The van der Waals surface area contributed by atoms with E-state index in [2.05, 4.69) is 22.2 Å². The van der Waals surface area contributed by atoms with Crippen molar-refractivity contribution in [2.45, 2.75) is 25.9 Å². The first kappa shape index (κ1) is 13.4. The molecule has 0 saturated heterocycles. The minimum absolute atomic E-state index is 0.201.